The van der Waals surface area contributed by atoms with E-state index >= 15 is 0 Å². The SMILES string of the molecule is CC(COCCC(=O)ON1C(=O)CCC1=O)(COCCC(=O)ON1C(=O)CCC1=O)NC(=O)CCC(=O)NNC(=O)OC(C)(C)C. The minimum atomic E-state index is -1.27. The van der Waals surface area contributed by atoms with E-state index in [0.717, 1.165) is 0 Å². The highest BCUT2D eigenvalue weighted by Crippen LogP contribution is 2.14. The van der Waals surface area contributed by atoms with Crippen LogP contribution in [0.2, 0.25) is 0 Å². The summed E-state index contributed by atoms with van der Waals surface area (Å²) in [5.41, 5.74) is 2.13. The zero-order valence-corrected chi connectivity index (χ0v) is 26.1. The van der Waals surface area contributed by atoms with Crippen molar-refractivity contribution in [2.75, 3.05) is 26.4 Å². The van der Waals surface area contributed by atoms with Crippen LogP contribution < -0.4 is 16.2 Å². The Hall–Kier alpha value is -4.65. The minimum absolute atomic E-state index is 0.0607. The van der Waals surface area contributed by atoms with E-state index in [9.17, 15) is 43.2 Å². The zero-order valence-electron chi connectivity index (χ0n) is 26.1. The van der Waals surface area contributed by atoms with E-state index in [0.29, 0.717) is 10.1 Å². The molecule has 46 heavy (non-hydrogen) atoms. The lowest BCUT2D eigenvalue weighted by Crippen LogP contribution is -2.53. The van der Waals surface area contributed by atoms with E-state index in [1.54, 1.807) is 20.8 Å². The number of rotatable bonds is 16. The van der Waals surface area contributed by atoms with Crippen molar-refractivity contribution in [3.05, 3.63) is 0 Å². The number of imide groups is 2. The van der Waals surface area contributed by atoms with Gasteiger partial charge in [0.2, 0.25) is 11.8 Å². The molecule has 0 radical (unpaired) electrons. The van der Waals surface area contributed by atoms with Crippen LogP contribution in [0.15, 0.2) is 0 Å². The number of nitrogens with one attached hydrogen (secondary N) is 3. The van der Waals surface area contributed by atoms with Gasteiger partial charge in [-0.2, -0.15) is 0 Å². The van der Waals surface area contributed by atoms with Crippen molar-refractivity contribution >= 4 is 53.5 Å². The topological polar surface area (TPSA) is 242 Å². The smallest absolute Gasteiger partial charge is 0.426 e. The molecule has 2 heterocycles. The molecule has 0 aromatic rings. The van der Waals surface area contributed by atoms with Gasteiger partial charge in [-0.05, 0) is 27.7 Å². The molecule has 3 N–H and O–H groups in total. The van der Waals surface area contributed by atoms with Crippen LogP contribution in [0.25, 0.3) is 0 Å². The standard InChI is InChI=1S/C27H39N5O14/c1-26(2,3)44-25(41)30-29-18(34)6-5-17(33)28-27(4,15-42-13-11-23(39)45-31-19(35)7-8-20(31)36)16-43-14-12-24(40)46-32-21(37)9-10-22(32)38/h5-16H2,1-4H3,(H,28,33)(H,29,34)(H,30,41). The molecule has 0 saturated carbocycles. The number of ether oxygens (including phenoxy) is 3. The summed E-state index contributed by atoms with van der Waals surface area (Å²) in [6.45, 7) is 5.50. The second-order valence-corrected chi connectivity index (χ2v) is 11.5. The third kappa shape index (κ3) is 13.6. The van der Waals surface area contributed by atoms with Gasteiger partial charge in [-0.3, -0.25) is 34.2 Å². The number of hydrogen-bond donors (Lipinski definition) is 3. The lowest BCUT2D eigenvalue weighted by molar-refractivity contribution is -0.198. The van der Waals surface area contributed by atoms with Gasteiger partial charge in [-0.25, -0.2) is 19.8 Å². The lowest BCUT2D eigenvalue weighted by atomic mass is 10.0. The van der Waals surface area contributed by atoms with E-state index < -0.39 is 64.6 Å². The van der Waals surface area contributed by atoms with Gasteiger partial charge in [0.15, 0.2) is 0 Å². The summed E-state index contributed by atoms with van der Waals surface area (Å²) >= 11 is 0. The summed E-state index contributed by atoms with van der Waals surface area (Å²) in [4.78, 5) is 116. The predicted octanol–water partition coefficient (Wildman–Crippen LogP) is -0.775. The quantitative estimate of drug-likeness (QED) is 0.105. The molecule has 2 aliphatic heterocycles. The highest BCUT2D eigenvalue weighted by Gasteiger charge is 2.34. The van der Waals surface area contributed by atoms with Crippen molar-refractivity contribution < 1.29 is 67.0 Å². The Morgan fingerprint density at radius 1 is 0.630 bits per heavy atom. The molecule has 0 atom stereocenters. The third-order valence-electron chi connectivity index (χ3n) is 5.86. The first-order valence-corrected chi connectivity index (χ1v) is 14.4. The minimum Gasteiger partial charge on any atom is -0.443 e. The molecule has 19 nitrogen and oxygen atoms in total. The Morgan fingerprint density at radius 2 is 1.04 bits per heavy atom. The number of hydrazine groups is 1. The molecule has 0 bridgehead atoms. The molecule has 2 saturated heterocycles. The molecule has 256 valence electrons. The molecule has 2 aliphatic rings. The first-order chi connectivity index (χ1) is 21.5. The van der Waals surface area contributed by atoms with Gasteiger partial charge >= 0.3 is 18.0 Å². The van der Waals surface area contributed by atoms with Crippen molar-refractivity contribution in [2.24, 2.45) is 0 Å². The Bertz CT molecular complexity index is 1120. The Labute approximate surface area is 263 Å². The van der Waals surface area contributed by atoms with Crippen molar-refractivity contribution in [2.45, 2.75) is 90.2 Å². The fourth-order valence-electron chi connectivity index (χ4n) is 3.74. The van der Waals surface area contributed by atoms with Crippen LogP contribution in [0.4, 0.5) is 4.79 Å². The van der Waals surface area contributed by atoms with Crippen molar-refractivity contribution in [1.29, 1.82) is 0 Å². The molecule has 2 rings (SSSR count). The van der Waals surface area contributed by atoms with Crippen LogP contribution in [0, 0.1) is 0 Å². The van der Waals surface area contributed by atoms with Gasteiger partial charge in [0.25, 0.3) is 23.6 Å². The van der Waals surface area contributed by atoms with Crippen molar-refractivity contribution in [1.82, 2.24) is 26.3 Å². The van der Waals surface area contributed by atoms with Crippen molar-refractivity contribution in [3.8, 4) is 0 Å². The van der Waals surface area contributed by atoms with Crippen LogP contribution in [-0.4, -0.2) is 101 Å². The average molecular weight is 658 g/mol. The maximum atomic E-state index is 12.7. The van der Waals surface area contributed by atoms with Crippen LogP contribution in [0.5, 0.6) is 0 Å². The first-order valence-electron chi connectivity index (χ1n) is 14.4. The van der Waals surface area contributed by atoms with Crippen LogP contribution >= 0.6 is 0 Å². The number of amides is 7. The van der Waals surface area contributed by atoms with E-state index in [2.05, 4.69) is 16.2 Å². The fraction of sp³-hybridized carbons (Fsp3) is 0.667. The van der Waals surface area contributed by atoms with Crippen LogP contribution in [-0.2, 0) is 62.2 Å². The Balaban J connectivity index is 1.85. The van der Waals surface area contributed by atoms with E-state index in [1.165, 1.54) is 6.92 Å². The highest BCUT2D eigenvalue weighted by molar-refractivity contribution is 6.02. The second kappa shape index (κ2) is 17.2. The summed E-state index contributed by atoms with van der Waals surface area (Å²) in [5, 5.41) is 3.46. The number of hydroxylamine groups is 4. The normalized spacial score (nSPS) is 15.1. The molecule has 0 unspecified atom stereocenters. The van der Waals surface area contributed by atoms with E-state index in [-0.39, 0.29) is 77.8 Å². The maximum absolute atomic E-state index is 12.7. The first kappa shape index (κ1) is 37.5. The van der Waals surface area contributed by atoms with Gasteiger partial charge in [0, 0.05) is 38.5 Å². The monoisotopic (exact) mass is 657 g/mol. The van der Waals surface area contributed by atoms with Gasteiger partial charge < -0.3 is 29.2 Å². The number of carbonyl (C=O) groups is 9. The largest absolute Gasteiger partial charge is 0.443 e. The van der Waals surface area contributed by atoms with Gasteiger partial charge in [-0.1, -0.05) is 0 Å². The Morgan fingerprint density at radius 3 is 1.46 bits per heavy atom. The van der Waals surface area contributed by atoms with Crippen molar-refractivity contribution in [3.63, 3.8) is 0 Å². The number of hydrogen-bond acceptors (Lipinski definition) is 14. The summed E-state index contributed by atoms with van der Waals surface area (Å²) < 4.78 is 16.0. The van der Waals surface area contributed by atoms with E-state index in [1.807, 2.05) is 0 Å². The predicted molar refractivity (Wildman–Crippen MR) is 149 cm³/mol. The molecule has 0 spiro atoms. The second-order valence-electron chi connectivity index (χ2n) is 11.5. The van der Waals surface area contributed by atoms with Gasteiger partial charge in [0.1, 0.15) is 5.60 Å². The number of nitrogens with zero attached hydrogens (tertiary/aromatic N) is 2. The molecular weight excluding hydrogens is 618 g/mol. The molecule has 0 aromatic carbocycles. The van der Waals surface area contributed by atoms with Gasteiger partial charge in [0.05, 0.1) is 44.8 Å². The molecule has 0 aromatic heterocycles. The molecule has 0 aliphatic carbocycles. The van der Waals surface area contributed by atoms with Crippen LogP contribution in [0.3, 0.4) is 0 Å². The summed E-state index contributed by atoms with van der Waals surface area (Å²) in [7, 11) is 0. The summed E-state index contributed by atoms with van der Waals surface area (Å²) in [6.07, 6.45) is -2.45. The highest BCUT2D eigenvalue weighted by atomic mass is 16.7. The molecule has 2 fully saturated rings. The number of carbonyl (C=O) groups excluding carboxylic acids is 9. The van der Waals surface area contributed by atoms with Crippen LogP contribution in [0.1, 0.15) is 79.1 Å². The Kier molecular flexibility index (Phi) is 14.0. The zero-order chi connectivity index (χ0) is 34.5. The molecule has 19 heteroatoms. The lowest BCUT2D eigenvalue weighted by Gasteiger charge is -2.30. The van der Waals surface area contributed by atoms with Gasteiger partial charge in [-0.15, -0.1) is 10.1 Å². The maximum Gasteiger partial charge on any atom is 0.426 e. The summed E-state index contributed by atoms with van der Waals surface area (Å²) in [5.74, 6) is -5.63. The third-order valence-corrected chi connectivity index (χ3v) is 5.86. The molecular formula is C27H39N5O14. The summed E-state index contributed by atoms with van der Waals surface area (Å²) in [6, 6.07) is 0. The molecule has 7 amide bonds. The fourth-order valence-corrected chi connectivity index (χ4v) is 3.74. The van der Waals surface area contributed by atoms with E-state index in [4.69, 9.17) is 23.9 Å². The average Bonchev–Trinajstić information content (AvgIpc) is 3.45.